The Morgan fingerprint density at radius 1 is 1.04 bits per heavy atom. The molecule has 0 heterocycles. The van der Waals surface area contributed by atoms with Crippen LogP contribution in [0.2, 0.25) is 0 Å². The van der Waals surface area contributed by atoms with Crippen LogP contribution in [0.25, 0.3) is 12.2 Å². The van der Waals surface area contributed by atoms with Crippen LogP contribution >= 0.6 is 0 Å². The first-order valence-electron chi connectivity index (χ1n) is 8.34. The van der Waals surface area contributed by atoms with Gasteiger partial charge in [-0.15, -0.1) is 0 Å². The Morgan fingerprint density at radius 3 is 2.27 bits per heavy atom. The largest absolute Gasteiger partial charge is 0.504 e. The first-order valence-corrected chi connectivity index (χ1v) is 8.34. The summed E-state index contributed by atoms with van der Waals surface area (Å²) in [5.74, 6) is 0.266. The number of hydrogen-bond donors (Lipinski definition) is 1. The number of ether oxygens (including phenoxy) is 2. The van der Waals surface area contributed by atoms with Crippen LogP contribution in [0.4, 0.5) is 0 Å². The van der Waals surface area contributed by atoms with E-state index in [0.29, 0.717) is 17.7 Å². The maximum Gasteiger partial charge on any atom is 0.337 e. The smallest absolute Gasteiger partial charge is 0.337 e. The van der Waals surface area contributed by atoms with E-state index in [-0.39, 0.29) is 11.7 Å². The summed E-state index contributed by atoms with van der Waals surface area (Å²) in [6.07, 6.45) is 6.59. The average Bonchev–Trinajstić information content (AvgIpc) is 2.65. The van der Waals surface area contributed by atoms with Gasteiger partial charge in [-0.3, -0.25) is 0 Å². The Labute approximate surface area is 154 Å². The van der Waals surface area contributed by atoms with Crippen molar-refractivity contribution in [2.24, 2.45) is 0 Å². The number of benzene rings is 2. The molecule has 26 heavy (non-hydrogen) atoms. The maximum atomic E-state index is 11.5. The Bertz CT molecular complexity index is 826. The number of phenols is 1. The van der Waals surface area contributed by atoms with Crippen LogP contribution in [0.1, 0.15) is 40.9 Å². The van der Waals surface area contributed by atoms with Gasteiger partial charge in [-0.2, -0.15) is 0 Å². The summed E-state index contributed by atoms with van der Waals surface area (Å²) < 4.78 is 9.98. The summed E-state index contributed by atoms with van der Waals surface area (Å²) in [6.45, 7) is 4.05. The van der Waals surface area contributed by atoms with Crippen molar-refractivity contribution >= 4 is 18.1 Å². The normalized spacial score (nSPS) is 10.6. The topological polar surface area (TPSA) is 55.8 Å². The molecule has 0 spiro atoms. The van der Waals surface area contributed by atoms with Crippen LogP contribution in [0.3, 0.4) is 0 Å². The third kappa shape index (κ3) is 4.99. The van der Waals surface area contributed by atoms with Gasteiger partial charge in [0.1, 0.15) is 0 Å². The molecule has 0 aliphatic carbocycles. The number of rotatable bonds is 6. The van der Waals surface area contributed by atoms with Crippen molar-refractivity contribution in [3.63, 3.8) is 0 Å². The molecule has 0 unspecified atom stereocenters. The molecule has 2 aromatic carbocycles. The van der Waals surface area contributed by atoms with Crippen molar-refractivity contribution < 1.29 is 19.4 Å². The molecule has 0 aromatic heterocycles. The lowest BCUT2D eigenvalue weighted by molar-refractivity contribution is 0.0600. The van der Waals surface area contributed by atoms with Gasteiger partial charge in [-0.25, -0.2) is 4.79 Å². The zero-order valence-corrected chi connectivity index (χ0v) is 15.6. The van der Waals surface area contributed by atoms with Crippen molar-refractivity contribution in [2.45, 2.75) is 20.3 Å². The molecule has 0 saturated carbocycles. The van der Waals surface area contributed by atoms with Gasteiger partial charge in [0.2, 0.25) is 0 Å². The molecule has 0 atom stereocenters. The molecule has 4 heteroatoms. The van der Waals surface area contributed by atoms with E-state index < -0.39 is 0 Å². The minimum atomic E-state index is -0.354. The van der Waals surface area contributed by atoms with E-state index in [1.165, 1.54) is 12.7 Å². The maximum absolute atomic E-state index is 11.5. The summed E-state index contributed by atoms with van der Waals surface area (Å²) >= 11 is 0. The Balaban J connectivity index is 2.27. The zero-order chi connectivity index (χ0) is 19.1. The third-order valence-electron chi connectivity index (χ3n) is 3.93. The third-order valence-corrected chi connectivity index (χ3v) is 3.93. The second-order valence-corrected chi connectivity index (χ2v) is 6.16. The van der Waals surface area contributed by atoms with E-state index >= 15 is 0 Å². The quantitative estimate of drug-likeness (QED) is 0.458. The van der Waals surface area contributed by atoms with E-state index in [1.807, 2.05) is 44.2 Å². The molecular formula is C22H24O4. The second kappa shape index (κ2) is 8.90. The predicted molar refractivity (Wildman–Crippen MR) is 105 cm³/mol. The van der Waals surface area contributed by atoms with Crippen molar-refractivity contribution in [3.05, 3.63) is 70.3 Å². The van der Waals surface area contributed by atoms with Gasteiger partial charge in [0.25, 0.3) is 0 Å². The lowest BCUT2D eigenvalue weighted by Crippen LogP contribution is -2.00. The minimum Gasteiger partial charge on any atom is -0.504 e. The number of hydrogen-bond acceptors (Lipinski definition) is 4. The highest BCUT2D eigenvalue weighted by Crippen LogP contribution is 2.33. The fourth-order valence-electron chi connectivity index (χ4n) is 2.45. The van der Waals surface area contributed by atoms with Gasteiger partial charge in [0, 0.05) is 5.56 Å². The van der Waals surface area contributed by atoms with Crippen LogP contribution in [0, 0.1) is 0 Å². The number of phenolic OH excluding ortho intramolecular Hbond substituents is 1. The average molecular weight is 352 g/mol. The summed E-state index contributed by atoms with van der Waals surface area (Å²) in [5, 5.41) is 10.3. The van der Waals surface area contributed by atoms with Crippen molar-refractivity contribution in [3.8, 4) is 11.5 Å². The summed E-state index contributed by atoms with van der Waals surface area (Å²) in [5.41, 5.74) is 4.39. The van der Waals surface area contributed by atoms with Gasteiger partial charge in [0.15, 0.2) is 11.5 Å². The molecule has 2 aromatic rings. The summed E-state index contributed by atoms with van der Waals surface area (Å²) in [6, 6.07) is 10.9. The lowest BCUT2D eigenvalue weighted by atomic mass is 10.0. The molecule has 0 aliphatic heterocycles. The van der Waals surface area contributed by atoms with Gasteiger partial charge in [-0.05, 0) is 55.7 Å². The standard InChI is InChI=1S/C22H24O4/c1-15(2)5-10-19-13-17(14-20(25-3)21(19)23)7-6-16-8-11-18(12-9-16)22(24)26-4/h5-9,11-14,23H,10H2,1-4H3. The van der Waals surface area contributed by atoms with Crippen LogP contribution in [0.5, 0.6) is 11.5 Å². The predicted octanol–water partition coefficient (Wildman–Crippen LogP) is 4.87. The van der Waals surface area contributed by atoms with Gasteiger partial charge in [0.05, 0.1) is 19.8 Å². The van der Waals surface area contributed by atoms with Crippen LogP contribution in [-0.4, -0.2) is 25.3 Å². The molecule has 0 saturated heterocycles. The van der Waals surface area contributed by atoms with E-state index in [4.69, 9.17) is 9.47 Å². The first kappa shape index (κ1) is 19.3. The Morgan fingerprint density at radius 2 is 1.69 bits per heavy atom. The SMILES string of the molecule is COC(=O)c1ccc(C=Cc2cc(CC=C(C)C)c(O)c(OC)c2)cc1. The first-order chi connectivity index (χ1) is 12.4. The van der Waals surface area contributed by atoms with Crippen LogP contribution in [0.15, 0.2) is 48.0 Å². The molecule has 0 bridgehead atoms. The van der Waals surface area contributed by atoms with E-state index in [2.05, 4.69) is 6.08 Å². The van der Waals surface area contributed by atoms with Crippen molar-refractivity contribution in [2.75, 3.05) is 14.2 Å². The number of carbonyl (C=O) groups excluding carboxylic acids is 1. The van der Waals surface area contributed by atoms with E-state index in [9.17, 15) is 9.90 Å². The highest BCUT2D eigenvalue weighted by atomic mass is 16.5. The van der Waals surface area contributed by atoms with Gasteiger partial charge >= 0.3 is 5.97 Å². The van der Waals surface area contributed by atoms with Gasteiger partial charge in [-0.1, -0.05) is 35.9 Å². The van der Waals surface area contributed by atoms with Crippen molar-refractivity contribution in [1.29, 1.82) is 0 Å². The fourth-order valence-corrected chi connectivity index (χ4v) is 2.45. The summed E-state index contributed by atoms with van der Waals surface area (Å²) in [7, 11) is 2.90. The number of aromatic hydroxyl groups is 1. The zero-order valence-electron chi connectivity index (χ0n) is 15.6. The van der Waals surface area contributed by atoms with E-state index in [0.717, 1.165) is 16.7 Å². The van der Waals surface area contributed by atoms with Crippen LogP contribution in [-0.2, 0) is 11.2 Å². The van der Waals surface area contributed by atoms with E-state index in [1.54, 1.807) is 25.3 Å². The number of methoxy groups -OCH3 is 2. The molecular weight excluding hydrogens is 328 g/mol. The molecule has 0 radical (unpaired) electrons. The Kier molecular flexibility index (Phi) is 6.61. The molecule has 0 amide bonds. The Hall–Kier alpha value is -3.01. The molecule has 4 nitrogen and oxygen atoms in total. The highest BCUT2D eigenvalue weighted by Gasteiger charge is 2.09. The molecule has 2 rings (SSSR count). The number of allylic oxidation sites excluding steroid dienone is 2. The van der Waals surface area contributed by atoms with Crippen molar-refractivity contribution in [1.82, 2.24) is 0 Å². The molecule has 0 fully saturated rings. The molecule has 1 N–H and O–H groups in total. The molecule has 0 aliphatic rings. The highest BCUT2D eigenvalue weighted by molar-refractivity contribution is 5.89. The number of esters is 1. The number of carbonyl (C=O) groups is 1. The second-order valence-electron chi connectivity index (χ2n) is 6.16. The monoisotopic (exact) mass is 352 g/mol. The fraction of sp³-hybridized carbons (Fsp3) is 0.227. The minimum absolute atomic E-state index is 0.171. The van der Waals surface area contributed by atoms with Gasteiger partial charge < -0.3 is 14.6 Å². The lowest BCUT2D eigenvalue weighted by Gasteiger charge is -2.10. The molecule has 136 valence electrons. The van der Waals surface area contributed by atoms with Crippen LogP contribution < -0.4 is 4.74 Å². The summed E-state index contributed by atoms with van der Waals surface area (Å²) in [4.78, 5) is 11.5.